The number of benzene rings is 1. The van der Waals surface area contributed by atoms with Gasteiger partial charge in [-0.2, -0.15) is 0 Å². The van der Waals surface area contributed by atoms with Crippen molar-refractivity contribution in [1.82, 2.24) is 25.2 Å². The number of allylic oxidation sites excluding steroid dienone is 2. The third-order valence-corrected chi connectivity index (χ3v) is 6.86. The molecule has 9 heteroatoms. The van der Waals surface area contributed by atoms with Crippen LogP contribution in [0.5, 0.6) is 0 Å². The Hall–Kier alpha value is -3.01. The fourth-order valence-corrected chi connectivity index (χ4v) is 4.87. The fourth-order valence-electron chi connectivity index (χ4n) is 4.55. The molecule has 1 aromatic carbocycles. The van der Waals surface area contributed by atoms with Crippen LogP contribution in [0.3, 0.4) is 0 Å². The number of likely N-dealkylation sites (tertiary alicyclic amines) is 1. The first-order valence-corrected chi connectivity index (χ1v) is 11.2. The van der Waals surface area contributed by atoms with E-state index in [0.717, 1.165) is 16.8 Å². The van der Waals surface area contributed by atoms with Crippen LogP contribution in [0.25, 0.3) is 0 Å². The maximum absolute atomic E-state index is 13.8. The molecule has 2 aromatic rings. The van der Waals surface area contributed by atoms with Gasteiger partial charge in [0, 0.05) is 37.4 Å². The number of carbonyl (C=O) groups is 1. The molecule has 0 spiro atoms. The van der Waals surface area contributed by atoms with Gasteiger partial charge in [0.2, 0.25) is 5.91 Å². The lowest BCUT2D eigenvalue weighted by Crippen LogP contribution is -2.51. The standard InChI is InChI=1S/C23H26N6O2S/c30-21(28-12-9-23(31,10-13-28)18-8-4-5-11-24-18)19(16-6-2-1-3-7-16)29-15-25-20-17(22(29)32)14-26-27-20/h1-8,15,19,24,26-27,31H,9-14H2. The molecule has 0 saturated carbocycles. The molecule has 1 unspecified atom stereocenters. The SMILES string of the molecule is O=C(C(c1ccccc1)n1cnc2c(c1=S)CNN2)N1CCC(O)(C2=CC=CCN2)CC1. The average molecular weight is 451 g/mol. The number of hydrogen-bond donors (Lipinski definition) is 4. The molecule has 1 fully saturated rings. The van der Waals surface area contributed by atoms with E-state index in [-0.39, 0.29) is 5.91 Å². The Morgan fingerprint density at radius 2 is 2.00 bits per heavy atom. The Kier molecular flexibility index (Phi) is 5.54. The Labute approximate surface area is 191 Å². The van der Waals surface area contributed by atoms with Gasteiger partial charge < -0.3 is 25.3 Å². The van der Waals surface area contributed by atoms with E-state index in [1.165, 1.54) is 0 Å². The minimum Gasteiger partial charge on any atom is -0.384 e. The van der Waals surface area contributed by atoms with Gasteiger partial charge >= 0.3 is 0 Å². The van der Waals surface area contributed by atoms with Crippen molar-refractivity contribution >= 4 is 23.9 Å². The molecule has 3 aliphatic rings. The van der Waals surface area contributed by atoms with Crippen molar-refractivity contribution in [3.63, 3.8) is 0 Å². The molecule has 1 aromatic heterocycles. The Balaban J connectivity index is 1.44. The number of nitrogens with zero attached hydrogens (tertiary/aromatic N) is 3. The summed E-state index contributed by atoms with van der Waals surface area (Å²) in [6.45, 7) is 2.21. The van der Waals surface area contributed by atoms with E-state index < -0.39 is 11.6 Å². The maximum atomic E-state index is 13.8. The minimum absolute atomic E-state index is 0.0412. The minimum atomic E-state index is -0.938. The molecule has 4 N–H and O–H groups in total. The van der Waals surface area contributed by atoms with Crippen LogP contribution in [0, 0.1) is 4.64 Å². The number of amides is 1. The van der Waals surface area contributed by atoms with Crippen LogP contribution < -0.4 is 16.2 Å². The highest BCUT2D eigenvalue weighted by atomic mass is 32.1. The fraction of sp³-hybridized carbons (Fsp3) is 0.348. The average Bonchev–Trinajstić information content (AvgIpc) is 3.32. The van der Waals surface area contributed by atoms with E-state index >= 15 is 0 Å². The molecule has 3 aliphatic heterocycles. The van der Waals surface area contributed by atoms with Crippen molar-refractivity contribution in [2.75, 3.05) is 25.1 Å². The van der Waals surface area contributed by atoms with Crippen LogP contribution >= 0.6 is 12.2 Å². The van der Waals surface area contributed by atoms with Gasteiger partial charge in [-0.05, 0) is 24.5 Å². The van der Waals surface area contributed by atoms with E-state index in [1.54, 1.807) is 10.9 Å². The smallest absolute Gasteiger partial charge is 0.250 e. The van der Waals surface area contributed by atoms with Crippen LogP contribution in [0.2, 0.25) is 0 Å². The molecule has 166 valence electrons. The first-order valence-electron chi connectivity index (χ1n) is 10.8. The molecule has 5 rings (SSSR count). The van der Waals surface area contributed by atoms with Crippen molar-refractivity contribution in [3.8, 4) is 0 Å². The first kappa shape index (κ1) is 20.9. The summed E-state index contributed by atoms with van der Waals surface area (Å²) in [6.07, 6.45) is 8.49. The van der Waals surface area contributed by atoms with Gasteiger partial charge in [-0.1, -0.05) is 54.7 Å². The molecular formula is C23H26N6O2S. The summed E-state index contributed by atoms with van der Waals surface area (Å²) in [7, 11) is 0. The van der Waals surface area contributed by atoms with Crippen LogP contribution in [-0.2, 0) is 11.3 Å². The molecular weight excluding hydrogens is 424 g/mol. The zero-order chi connectivity index (χ0) is 22.1. The van der Waals surface area contributed by atoms with Gasteiger partial charge in [0.05, 0.1) is 6.33 Å². The summed E-state index contributed by atoms with van der Waals surface area (Å²) in [6, 6.07) is 9.05. The summed E-state index contributed by atoms with van der Waals surface area (Å²) in [4.78, 5) is 20.1. The van der Waals surface area contributed by atoms with Crippen molar-refractivity contribution in [3.05, 3.63) is 76.4 Å². The number of fused-ring (bicyclic) bond motifs is 1. The zero-order valence-electron chi connectivity index (χ0n) is 17.6. The predicted molar refractivity (Wildman–Crippen MR) is 124 cm³/mol. The van der Waals surface area contributed by atoms with Crippen molar-refractivity contribution in [2.45, 2.75) is 31.0 Å². The second-order valence-electron chi connectivity index (χ2n) is 8.32. The largest absolute Gasteiger partial charge is 0.384 e. The normalized spacial score (nSPS) is 20.0. The van der Waals surface area contributed by atoms with E-state index in [4.69, 9.17) is 12.2 Å². The lowest BCUT2D eigenvalue weighted by Gasteiger charge is -2.41. The Morgan fingerprint density at radius 1 is 1.22 bits per heavy atom. The first-order chi connectivity index (χ1) is 15.6. The molecule has 0 radical (unpaired) electrons. The highest BCUT2D eigenvalue weighted by Crippen LogP contribution is 2.32. The third kappa shape index (κ3) is 3.72. The number of aromatic nitrogens is 2. The molecule has 1 amide bonds. The van der Waals surface area contributed by atoms with Crippen molar-refractivity contribution < 1.29 is 9.90 Å². The number of hydrazine groups is 1. The summed E-state index contributed by atoms with van der Waals surface area (Å²) in [5, 5.41) is 14.4. The topological polar surface area (TPSA) is 94.5 Å². The molecule has 1 atom stereocenters. The van der Waals surface area contributed by atoms with Gasteiger partial charge in [-0.3, -0.25) is 4.79 Å². The van der Waals surface area contributed by atoms with Crippen molar-refractivity contribution in [2.24, 2.45) is 0 Å². The maximum Gasteiger partial charge on any atom is 0.250 e. The molecule has 1 saturated heterocycles. The monoisotopic (exact) mass is 450 g/mol. The number of aliphatic hydroxyl groups is 1. The van der Waals surface area contributed by atoms with Crippen molar-refractivity contribution in [1.29, 1.82) is 0 Å². The lowest BCUT2D eigenvalue weighted by molar-refractivity contribution is -0.137. The molecule has 0 aliphatic carbocycles. The highest BCUT2D eigenvalue weighted by Gasteiger charge is 2.39. The van der Waals surface area contributed by atoms with Gasteiger partial charge in [-0.25, -0.2) is 10.4 Å². The third-order valence-electron chi connectivity index (χ3n) is 6.40. The second-order valence-corrected chi connectivity index (χ2v) is 8.71. The van der Waals surface area contributed by atoms with E-state index in [2.05, 4.69) is 21.2 Å². The predicted octanol–water partition coefficient (Wildman–Crippen LogP) is 2.03. The number of nitrogens with one attached hydrogen (secondary N) is 3. The quantitative estimate of drug-likeness (QED) is 0.530. The molecule has 8 nitrogen and oxygen atoms in total. The summed E-state index contributed by atoms with van der Waals surface area (Å²) < 4.78 is 2.38. The Bertz CT molecular complexity index is 1130. The number of carbonyl (C=O) groups excluding carboxylic acids is 1. The van der Waals surface area contributed by atoms with Crippen LogP contribution in [0.15, 0.2) is 60.6 Å². The number of dihydropyridines is 1. The van der Waals surface area contributed by atoms with E-state index in [9.17, 15) is 9.90 Å². The van der Waals surface area contributed by atoms with Gasteiger partial charge in [0.15, 0.2) is 0 Å². The van der Waals surface area contributed by atoms with Crippen LogP contribution in [0.1, 0.15) is 30.0 Å². The van der Waals surface area contributed by atoms with Gasteiger partial charge in [-0.15, -0.1) is 0 Å². The number of hydrogen-bond acceptors (Lipinski definition) is 7. The lowest BCUT2D eigenvalue weighted by atomic mass is 9.86. The summed E-state index contributed by atoms with van der Waals surface area (Å²) >= 11 is 5.75. The number of piperidine rings is 1. The highest BCUT2D eigenvalue weighted by molar-refractivity contribution is 7.71. The summed E-state index contributed by atoms with van der Waals surface area (Å²) in [5.41, 5.74) is 7.67. The van der Waals surface area contributed by atoms with E-state index in [0.29, 0.717) is 49.5 Å². The van der Waals surface area contributed by atoms with E-state index in [1.807, 2.05) is 53.5 Å². The van der Waals surface area contributed by atoms with Gasteiger partial charge in [0.1, 0.15) is 22.1 Å². The Morgan fingerprint density at radius 3 is 2.72 bits per heavy atom. The molecule has 0 bridgehead atoms. The van der Waals surface area contributed by atoms with Crippen LogP contribution in [0.4, 0.5) is 5.82 Å². The number of anilines is 1. The molecule has 32 heavy (non-hydrogen) atoms. The zero-order valence-corrected chi connectivity index (χ0v) is 18.4. The number of rotatable bonds is 4. The summed E-state index contributed by atoms with van der Waals surface area (Å²) in [5.74, 6) is 0.663. The second kappa shape index (κ2) is 8.50. The molecule has 4 heterocycles. The van der Waals surface area contributed by atoms with Gasteiger partial charge in [0.25, 0.3) is 0 Å². The van der Waals surface area contributed by atoms with Crippen LogP contribution in [-0.4, -0.2) is 50.7 Å².